The Morgan fingerprint density at radius 1 is 1.08 bits per heavy atom. The molecule has 1 saturated heterocycles. The van der Waals surface area contributed by atoms with E-state index in [1.165, 1.54) is 24.3 Å². The molecule has 1 amide bonds. The minimum absolute atomic E-state index is 0.00231. The summed E-state index contributed by atoms with van der Waals surface area (Å²) in [5, 5.41) is 21.9. The van der Waals surface area contributed by atoms with E-state index in [1.54, 1.807) is 42.5 Å². The summed E-state index contributed by atoms with van der Waals surface area (Å²) in [7, 11) is 1.43. The molecule has 1 fully saturated rings. The number of aliphatic hydroxyl groups is 1. The molecule has 1 unspecified atom stereocenters. The van der Waals surface area contributed by atoms with Crippen molar-refractivity contribution in [2.24, 2.45) is 0 Å². The summed E-state index contributed by atoms with van der Waals surface area (Å²) in [6, 6.07) is 12.2. The molecule has 1 atom stereocenters. The van der Waals surface area contributed by atoms with Crippen LogP contribution in [0.1, 0.15) is 56.2 Å². The first-order chi connectivity index (χ1) is 17.6. The number of phenolic OH excluding ortho intramolecular Hbond substituents is 1. The molecule has 8 heteroatoms. The van der Waals surface area contributed by atoms with Gasteiger partial charge in [-0.05, 0) is 60.4 Å². The Hall–Kier alpha value is -4.20. The Morgan fingerprint density at radius 3 is 2.41 bits per heavy atom. The Kier molecular flexibility index (Phi) is 7.03. The quantitative estimate of drug-likeness (QED) is 0.254. The van der Waals surface area contributed by atoms with Crippen LogP contribution in [0, 0.1) is 0 Å². The number of hydrogen-bond acceptors (Lipinski definition) is 7. The van der Waals surface area contributed by atoms with E-state index in [0.29, 0.717) is 29.2 Å². The van der Waals surface area contributed by atoms with Gasteiger partial charge in [0.05, 0.1) is 38.1 Å². The van der Waals surface area contributed by atoms with Crippen LogP contribution in [0.5, 0.6) is 17.2 Å². The first kappa shape index (κ1) is 25.9. The number of carbonyl (C=O) groups excluding carboxylic acids is 2. The Morgan fingerprint density at radius 2 is 1.81 bits per heavy atom. The third kappa shape index (κ3) is 4.91. The van der Waals surface area contributed by atoms with Gasteiger partial charge in [0, 0.05) is 11.1 Å². The van der Waals surface area contributed by atoms with Crippen LogP contribution in [0.15, 0.2) is 64.8 Å². The monoisotopic (exact) mass is 505 g/mol. The highest BCUT2D eigenvalue weighted by molar-refractivity contribution is 6.46. The molecule has 37 heavy (non-hydrogen) atoms. The van der Waals surface area contributed by atoms with Gasteiger partial charge >= 0.3 is 0 Å². The van der Waals surface area contributed by atoms with E-state index >= 15 is 0 Å². The average Bonchev–Trinajstić information content (AvgIpc) is 3.46. The first-order valence-electron chi connectivity index (χ1n) is 12.0. The van der Waals surface area contributed by atoms with Crippen molar-refractivity contribution in [3.8, 4) is 17.2 Å². The van der Waals surface area contributed by atoms with E-state index in [4.69, 9.17) is 13.9 Å². The maximum Gasteiger partial charge on any atom is 0.296 e. The number of likely N-dealkylation sites (tertiary alicyclic amines) is 1. The van der Waals surface area contributed by atoms with Crippen molar-refractivity contribution < 1.29 is 33.7 Å². The molecular formula is C29H31NO7. The molecule has 2 N–H and O–H groups in total. The predicted octanol–water partition coefficient (Wildman–Crippen LogP) is 5.31. The highest BCUT2D eigenvalue weighted by atomic mass is 16.5. The van der Waals surface area contributed by atoms with Crippen LogP contribution in [0.25, 0.3) is 5.76 Å². The fourth-order valence-corrected chi connectivity index (χ4v) is 4.54. The van der Waals surface area contributed by atoms with E-state index < -0.39 is 17.7 Å². The molecule has 8 nitrogen and oxygen atoms in total. The van der Waals surface area contributed by atoms with Crippen LogP contribution in [-0.2, 0) is 21.5 Å². The number of benzene rings is 2. The second-order valence-electron chi connectivity index (χ2n) is 9.83. The van der Waals surface area contributed by atoms with Gasteiger partial charge in [-0.3, -0.25) is 9.59 Å². The molecule has 0 saturated carbocycles. The topological polar surface area (TPSA) is 109 Å². The summed E-state index contributed by atoms with van der Waals surface area (Å²) in [5.74, 6) is -0.667. The normalized spacial score (nSPS) is 17.3. The molecule has 1 aliphatic heterocycles. The zero-order valence-electron chi connectivity index (χ0n) is 21.6. The van der Waals surface area contributed by atoms with Crippen molar-refractivity contribution >= 4 is 17.4 Å². The summed E-state index contributed by atoms with van der Waals surface area (Å²) in [4.78, 5) is 27.9. The summed E-state index contributed by atoms with van der Waals surface area (Å²) < 4.78 is 16.4. The third-order valence-electron chi connectivity index (χ3n) is 6.33. The second kappa shape index (κ2) is 10.0. The van der Waals surface area contributed by atoms with Gasteiger partial charge in [-0.2, -0.15) is 0 Å². The van der Waals surface area contributed by atoms with E-state index in [1.807, 2.05) is 27.7 Å². The zero-order chi connectivity index (χ0) is 26.9. The molecule has 2 aromatic carbocycles. The molecule has 0 aliphatic carbocycles. The lowest BCUT2D eigenvalue weighted by Gasteiger charge is -2.26. The number of phenols is 1. The molecule has 1 aliphatic rings. The SMILES string of the molecule is CCOc1ccc(/C(O)=C2/C(=O)C(=O)N(Cc3ccco3)C2c2ccc(OC)c(O)c2)cc1C(C)(C)C. The Labute approximate surface area is 215 Å². The van der Waals surface area contributed by atoms with Gasteiger partial charge in [0.25, 0.3) is 11.7 Å². The average molecular weight is 506 g/mol. The Balaban J connectivity index is 1.90. The van der Waals surface area contributed by atoms with Gasteiger partial charge < -0.3 is 29.0 Å². The summed E-state index contributed by atoms with van der Waals surface area (Å²) in [6.45, 7) is 8.45. The highest BCUT2D eigenvalue weighted by Gasteiger charge is 2.46. The van der Waals surface area contributed by atoms with Crippen molar-refractivity contribution in [2.45, 2.75) is 45.7 Å². The van der Waals surface area contributed by atoms with Crippen molar-refractivity contribution in [1.29, 1.82) is 0 Å². The van der Waals surface area contributed by atoms with Gasteiger partial charge in [0.1, 0.15) is 17.3 Å². The van der Waals surface area contributed by atoms with Gasteiger partial charge in [-0.25, -0.2) is 0 Å². The van der Waals surface area contributed by atoms with E-state index in [0.717, 1.165) is 5.56 Å². The maximum absolute atomic E-state index is 13.4. The van der Waals surface area contributed by atoms with E-state index in [2.05, 4.69) is 0 Å². The largest absolute Gasteiger partial charge is 0.507 e. The van der Waals surface area contributed by atoms with Crippen LogP contribution in [0.4, 0.5) is 0 Å². The lowest BCUT2D eigenvalue weighted by molar-refractivity contribution is -0.140. The Bertz CT molecular complexity index is 1350. The van der Waals surface area contributed by atoms with Crippen LogP contribution >= 0.6 is 0 Å². The number of ether oxygens (including phenoxy) is 2. The molecule has 0 bridgehead atoms. The smallest absolute Gasteiger partial charge is 0.296 e. The van der Waals surface area contributed by atoms with Crippen LogP contribution in [0.3, 0.4) is 0 Å². The molecular weight excluding hydrogens is 474 g/mol. The number of Topliss-reactive ketones (excluding diaryl/α,β-unsaturated/α-hetero) is 1. The van der Waals surface area contributed by atoms with Gasteiger partial charge in [0.15, 0.2) is 11.5 Å². The maximum atomic E-state index is 13.4. The standard InChI is InChI=1S/C29H31NO7/c1-6-36-22-11-10-18(14-20(22)29(2,3)4)26(32)24-25(17-9-12-23(35-5)21(31)15-17)30(28(34)27(24)33)16-19-8-7-13-37-19/h7-15,25,31-32H,6,16H2,1-5H3/b26-24-. The minimum atomic E-state index is -0.966. The number of ketones is 1. The van der Waals surface area contributed by atoms with Gasteiger partial charge in [-0.15, -0.1) is 0 Å². The number of furan rings is 1. The molecule has 0 spiro atoms. The number of aromatic hydroxyl groups is 1. The number of carbonyl (C=O) groups is 2. The lowest BCUT2D eigenvalue weighted by atomic mass is 9.84. The van der Waals surface area contributed by atoms with Crippen LogP contribution < -0.4 is 9.47 Å². The fourth-order valence-electron chi connectivity index (χ4n) is 4.54. The second-order valence-corrected chi connectivity index (χ2v) is 9.83. The summed E-state index contributed by atoms with van der Waals surface area (Å²) >= 11 is 0. The van der Waals surface area contributed by atoms with Gasteiger partial charge in [-0.1, -0.05) is 26.8 Å². The van der Waals surface area contributed by atoms with E-state index in [-0.39, 0.29) is 34.8 Å². The van der Waals surface area contributed by atoms with Crippen molar-refractivity contribution in [2.75, 3.05) is 13.7 Å². The first-order valence-corrected chi connectivity index (χ1v) is 12.0. The zero-order valence-corrected chi connectivity index (χ0v) is 21.6. The van der Waals surface area contributed by atoms with Crippen molar-refractivity contribution in [3.63, 3.8) is 0 Å². The molecule has 194 valence electrons. The van der Waals surface area contributed by atoms with E-state index in [9.17, 15) is 19.8 Å². The fraction of sp³-hybridized carbons (Fsp3) is 0.310. The third-order valence-corrected chi connectivity index (χ3v) is 6.33. The molecule has 1 aromatic heterocycles. The summed E-state index contributed by atoms with van der Waals surface area (Å²) in [6.07, 6.45) is 1.48. The number of nitrogens with zero attached hydrogens (tertiary/aromatic N) is 1. The minimum Gasteiger partial charge on any atom is -0.507 e. The molecule has 2 heterocycles. The highest BCUT2D eigenvalue weighted by Crippen LogP contribution is 2.43. The number of hydrogen-bond donors (Lipinski definition) is 2. The number of amides is 1. The summed E-state index contributed by atoms with van der Waals surface area (Å²) in [5.41, 5.74) is 1.28. The predicted molar refractivity (Wildman–Crippen MR) is 138 cm³/mol. The van der Waals surface area contributed by atoms with Crippen LogP contribution in [-0.4, -0.2) is 40.5 Å². The number of aliphatic hydroxyl groups excluding tert-OH is 1. The van der Waals surface area contributed by atoms with Crippen LogP contribution in [0.2, 0.25) is 0 Å². The molecule has 4 rings (SSSR count). The molecule has 0 radical (unpaired) electrons. The molecule has 3 aromatic rings. The van der Waals surface area contributed by atoms with Crippen molar-refractivity contribution in [3.05, 3.63) is 82.8 Å². The van der Waals surface area contributed by atoms with Crippen molar-refractivity contribution in [1.82, 2.24) is 4.90 Å². The lowest BCUT2D eigenvalue weighted by Crippen LogP contribution is -2.29. The van der Waals surface area contributed by atoms with Gasteiger partial charge in [0.2, 0.25) is 0 Å². The number of rotatable bonds is 7. The number of methoxy groups -OCH3 is 1.